The second-order valence-corrected chi connectivity index (χ2v) is 6.33. The molecule has 0 N–H and O–H groups in total. The van der Waals surface area contributed by atoms with Gasteiger partial charge in [-0.25, -0.2) is 0 Å². The van der Waals surface area contributed by atoms with Gasteiger partial charge in [0.15, 0.2) is 0 Å². The molecule has 0 unspecified atom stereocenters. The van der Waals surface area contributed by atoms with Crippen LogP contribution in [0.2, 0.25) is 0 Å². The van der Waals surface area contributed by atoms with Crippen LogP contribution in [0.3, 0.4) is 0 Å². The monoisotopic (exact) mass is 278 g/mol. The average molecular weight is 278 g/mol. The Hall–Kier alpha value is -1.56. The van der Waals surface area contributed by atoms with E-state index in [4.69, 9.17) is 0 Å². The lowest BCUT2D eigenvalue weighted by molar-refractivity contribution is 0.442. The molecule has 0 amide bonds. The molecule has 0 radical (unpaired) electrons. The highest BCUT2D eigenvalue weighted by molar-refractivity contribution is 5.69. The van der Waals surface area contributed by atoms with Gasteiger partial charge in [-0.2, -0.15) is 0 Å². The molecule has 1 saturated carbocycles. The zero-order valence-electron chi connectivity index (χ0n) is 13.1. The number of hydrogen-bond donors (Lipinski definition) is 0. The Kier molecular flexibility index (Phi) is 4.75. The van der Waals surface area contributed by atoms with Crippen LogP contribution in [0.5, 0.6) is 0 Å². The molecule has 0 heteroatoms. The molecule has 0 aromatic heterocycles. The van der Waals surface area contributed by atoms with E-state index in [1.807, 2.05) is 0 Å². The first-order valence-electron chi connectivity index (χ1n) is 8.57. The van der Waals surface area contributed by atoms with Gasteiger partial charge < -0.3 is 0 Å². The fraction of sp³-hybridized carbons (Fsp3) is 0.429. The third kappa shape index (κ3) is 3.20. The summed E-state index contributed by atoms with van der Waals surface area (Å²) < 4.78 is 0. The normalized spacial score (nSPS) is 16.0. The molecule has 110 valence electrons. The van der Waals surface area contributed by atoms with Crippen molar-refractivity contribution in [2.24, 2.45) is 0 Å². The van der Waals surface area contributed by atoms with Crippen molar-refractivity contribution in [1.29, 1.82) is 0 Å². The number of benzene rings is 2. The van der Waals surface area contributed by atoms with Crippen molar-refractivity contribution < 1.29 is 0 Å². The quantitative estimate of drug-likeness (QED) is 0.611. The highest BCUT2D eigenvalue weighted by atomic mass is 14.3. The van der Waals surface area contributed by atoms with Crippen molar-refractivity contribution >= 4 is 0 Å². The van der Waals surface area contributed by atoms with Gasteiger partial charge in [0, 0.05) is 0 Å². The third-order valence-electron chi connectivity index (χ3n) is 4.81. The van der Waals surface area contributed by atoms with Gasteiger partial charge in [-0.1, -0.05) is 81.1 Å². The summed E-state index contributed by atoms with van der Waals surface area (Å²) in [5.41, 5.74) is 6.11. The molecule has 1 aliphatic carbocycles. The highest BCUT2D eigenvalue weighted by Crippen LogP contribution is 2.40. The molecule has 0 spiro atoms. The molecule has 0 heterocycles. The maximum atomic E-state index is 2.36. The molecule has 21 heavy (non-hydrogen) atoms. The Balaban J connectivity index is 2.08. The zero-order chi connectivity index (χ0) is 14.5. The highest BCUT2D eigenvalue weighted by Gasteiger charge is 2.21. The van der Waals surface area contributed by atoms with Gasteiger partial charge >= 0.3 is 0 Å². The van der Waals surface area contributed by atoms with Crippen LogP contribution in [0.15, 0.2) is 48.5 Å². The Labute approximate surface area is 129 Å². The van der Waals surface area contributed by atoms with Crippen molar-refractivity contribution in [3.8, 4) is 11.1 Å². The molecule has 0 atom stereocenters. The number of rotatable bonds is 4. The van der Waals surface area contributed by atoms with Crippen molar-refractivity contribution in [2.75, 3.05) is 0 Å². The van der Waals surface area contributed by atoms with Crippen LogP contribution in [0.1, 0.15) is 62.5 Å². The molecule has 2 aromatic rings. The van der Waals surface area contributed by atoms with Crippen LogP contribution in [0, 0.1) is 0 Å². The standard InChI is InChI=1S/C21H26/c1-2-10-18-15-9-16-20(17-11-5-3-6-12-17)21(18)19-13-7-4-8-14-19/h3,5-6,9,11-12,15-16,19H,2,4,7-8,10,13-14H2,1H3. The summed E-state index contributed by atoms with van der Waals surface area (Å²) in [5, 5.41) is 0. The first-order valence-corrected chi connectivity index (χ1v) is 8.57. The maximum absolute atomic E-state index is 2.36. The molecule has 3 rings (SSSR count). The summed E-state index contributed by atoms with van der Waals surface area (Å²) in [6.45, 7) is 2.29. The van der Waals surface area contributed by atoms with Crippen LogP contribution in [0.4, 0.5) is 0 Å². The second kappa shape index (κ2) is 6.93. The SMILES string of the molecule is CCCc1cccc(-c2ccccc2)c1C1CCCCC1. The first-order chi connectivity index (χ1) is 10.4. The minimum Gasteiger partial charge on any atom is -0.0651 e. The molecule has 0 bridgehead atoms. The van der Waals surface area contributed by atoms with Crippen LogP contribution in [0.25, 0.3) is 11.1 Å². The zero-order valence-corrected chi connectivity index (χ0v) is 13.1. The third-order valence-corrected chi connectivity index (χ3v) is 4.81. The van der Waals surface area contributed by atoms with Crippen LogP contribution >= 0.6 is 0 Å². The van der Waals surface area contributed by atoms with Gasteiger partial charge in [0.05, 0.1) is 0 Å². The molecule has 0 aliphatic heterocycles. The molecule has 1 fully saturated rings. The predicted octanol–water partition coefficient (Wildman–Crippen LogP) is 6.35. The Morgan fingerprint density at radius 1 is 0.857 bits per heavy atom. The average Bonchev–Trinajstić information content (AvgIpc) is 2.56. The van der Waals surface area contributed by atoms with Crippen molar-refractivity contribution in [3.05, 3.63) is 59.7 Å². The van der Waals surface area contributed by atoms with E-state index in [0.717, 1.165) is 5.92 Å². The van der Waals surface area contributed by atoms with E-state index in [1.54, 1.807) is 11.1 Å². The minimum atomic E-state index is 0.775. The van der Waals surface area contributed by atoms with Gasteiger partial charge in [-0.15, -0.1) is 0 Å². The van der Waals surface area contributed by atoms with Crippen LogP contribution < -0.4 is 0 Å². The smallest absolute Gasteiger partial charge is 0.0146 e. The van der Waals surface area contributed by atoms with E-state index >= 15 is 0 Å². The van der Waals surface area contributed by atoms with Crippen LogP contribution in [-0.2, 0) is 6.42 Å². The molecule has 1 aliphatic rings. The molecular formula is C21H26. The Morgan fingerprint density at radius 2 is 1.62 bits per heavy atom. The lowest BCUT2D eigenvalue weighted by Gasteiger charge is -2.27. The fourth-order valence-electron chi connectivity index (χ4n) is 3.84. The predicted molar refractivity (Wildman–Crippen MR) is 91.7 cm³/mol. The summed E-state index contributed by atoms with van der Waals surface area (Å²) in [5.74, 6) is 0.775. The Bertz CT molecular complexity index is 562. The Morgan fingerprint density at radius 3 is 2.33 bits per heavy atom. The lowest BCUT2D eigenvalue weighted by Crippen LogP contribution is -2.09. The van der Waals surface area contributed by atoms with E-state index < -0.39 is 0 Å². The summed E-state index contributed by atoms with van der Waals surface area (Å²) in [6.07, 6.45) is 9.43. The maximum Gasteiger partial charge on any atom is -0.0146 e. The van der Waals surface area contributed by atoms with Crippen LogP contribution in [-0.4, -0.2) is 0 Å². The molecule has 0 saturated heterocycles. The van der Waals surface area contributed by atoms with Gasteiger partial charge in [0.1, 0.15) is 0 Å². The molecule has 2 aromatic carbocycles. The van der Waals surface area contributed by atoms with Crippen molar-refractivity contribution in [1.82, 2.24) is 0 Å². The molecule has 0 nitrogen and oxygen atoms in total. The topological polar surface area (TPSA) is 0 Å². The number of aryl methyl sites for hydroxylation is 1. The van der Waals surface area contributed by atoms with E-state index in [1.165, 1.54) is 56.1 Å². The fourth-order valence-corrected chi connectivity index (χ4v) is 3.84. The second-order valence-electron chi connectivity index (χ2n) is 6.33. The summed E-state index contributed by atoms with van der Waals surface area (Å²) in [7, 11) is 0. The number of hydrogen-bond acceptors (Lipinski definition) is 0. The largest absolute Gasteiger partial charge is 0.0651 e. The minimum absolute atomic E-state index is 0.775. The van der Waals surface area contributed by atoms with E-state index in [0.29, 0.717) is 0 Å². The molecular weight excluding hydrogens is 252 g/mol. The summed E-state index contributed by atoms with van der Waals surface area (Å²) in [6, 6.07) is 17.9. The van der Waals surface area contributed by atoms with Gasteiger partial charge in [-0.05, 0) is 47.4 Å². The summed E-state index contributed by atoms with van der Waals surface area (Å²) >= 11 is 0. The van der Waals surface area contributed by atoms with E-state index in [9.17, 15) is 0 Å². The van der Waals surface area contributed by atoms with Gasteiger partial charge in [0.25, 0.3) is 0 Å². The van der Waals surface area contributed by atoms with E-state index in [-0.39, 0.29) is 0 Å². The first kappa shape index (κ1) is 14.4. The van der Waals surface area contributed by atoms with Gasteiger partial charge in [-0.3, -0.25) is 0 Å². The van der Waals surface area contributed by atoms with Crippen molar-refractivity contribution in [2.45, 2.75) is 57.8 Å². The van der Waals surface area contributed by atoms with Crippen molar-refractivity contribution in [3.63, 3.8) is 0 Å². The van der Waals surface area contributed by atoms with Gasteiger partial charge in [0.2, 0.25) is 0 Å². The lowest BCUT2D eigenvalue weighted by atomic mass is 9.78. The summed E-state index contributed by atoms with van der Waals surface area (Å²) in [4.78, 5) is 0. The van der Waals surface area contributed by atoms with E-state index in [2.05, 4.69) is 55.5 Å².